The number of halogens is 1. The summed E-state index contributed by atoms with van der Waals surface area (Å²) in [6, 6.07) is 3.28. The van der Waals surface area contributed by atoms with Gasteiger partial charge in [0.1, 0.15) is 5.82 Å². The van der Waals surface area contributed by atoms with E-state index >= 15 is 0 Å². The molecule has 16 heavy (non-hydrogen) atoms. The fourth-order valence-corrected chi connectivity index (χ4v) is 1.44. The molecular formula is C7H9FN4O3S. The van der Waals surface area contributed by atoms with E-state index in [2.05, 4.69) is 10.3 Å². The number of amidine groups is 1. The van der Waals surface area contributed by atoms with Gasteiger partial charge in [-0.1, -0.05) is 5.16 Å². The first kappa shape index (κ1) is 12.2. The second-order valence-electron chi connectivity index (χ2n) is 2.83. The number of nitrogens with one attached hydrogen (secondary N) is 1. The van der Waals surface area contributed by atoms with Gasteiger partial charge in [0.2, 0.25) is 0 Å². The Morgan fingerprint density at radius 1 is 1.50 bits per heavy atom. The molecule has 9 heteroatoms. The number of rotatable bonds is 3. The lowest BCUT2D eigenvalue weighted by atomic mass is 10.2. The van der Waals surface area contributed by atoms with Crippen molar-refractivity contribution >= 4 is 21.7 Å². The molecule has 0 fully saturated rings. The van der Waals surface area contributed by atoms with Crippen LogP contribution in [0.3, 0.4) is 0 Å². The van der Waals surface area contributed by atoms with E-state index in [9.17, 15) is 12.8 Å². The van der Waals surface area contributed by atoms with Gasteiger partial charge in [-0.2, -0.15) is 8.42 Å². The van der Waals surface area contributed by atoms with E-state index in [4.69, 9.17) is 10.9 Å². The molecule has 0 aliphatic carbocycles. The zero-order chi connectivity index (χ0) is 12.3. The Morgan fingerprint density at radius 2 is 2.12 bits per heavy atom. The largest absolute Gasteiger partial charge is 0.409 e. The molecule has 0 aliphatic heterocycles. The summed E-state index contributed by atoms with van der Waals surface area (Å²) in [5, 5.41) is 15.7. The minimum atomic E-state index is -4.04. The van der Waals surface area contributed by atoms with Gasteiger partial charge in [-0.3, -0.25) is 4.72 Å². The van der Waals surface area contributed by atoms with Crippen LogP contribution in [0.15, 0.2) is 23.4 Å². The van der Waals surface area contributed by atoms with Crippen LogP contribution < -0.4 is 15.6 Å². The highest BCUT2D eigenvalue weighted by molar-refractivity contribution is 7.90. The highest BCUT2D eigenvalue weighted by Crippen LogP contribution is 2.16. The normalized spacial score (nSPS) is 12.5. The average Bonchev–Trinajstić information content (AvgIpc) is 2.18. The molecule has 1 rings (SSSR count). The molecule has 88 valence electrons. The molecule has 1 aromatic carbocycles. The first-order valence-corrected chi connectivity index (χ1v) is 5.46. The van der Waals surface area contributed by atoms with E-state index in [-0.39, 0.29) is 17.1 Å². The van der Waals surface area contributed by atoms with Gasteiger partial charge < -0.3 is 10.9 Å². The van der Waals surface area contributed by atoms with Gasteiger partial charge in [0, 0.05) is 5.56 Å². The Kier molecular flexibility index (Phi) is 3.30. The molecule has 0 bridgehead atoms. The number of anilines is 1. The fraction of sp³-hybridized carbons (Fsp3) is 0. The third kappa shape index (κ3) is 3.07. The van der Waals surface area contributed by atoms with Gasteiger partial charge in [0.05, 0.1) is 5.69 Å². The van der Waals surface area contributed by atoms with Crippen molar-refractivity contribution in [1.29, 1.82) is 0 Å². The van der Waals surface area contributed by atoms with Crippen LogP contribution in [0.4, 0.5) is 10.1 Å². The molecule has 1 aromatic rings. The van der Waals surface area contributed by atoms with Crippen LogP contribution in [-0.2, 0) is 10.2 Å². The molecule has 0 spiro atoms. The molecule has 0 atom stereocenters. The van der Waals surface area contributed by atoms with Crippen molar-refractivity contribution < 1.29 is 18.0 Å². The Balaban J connectivity index is 3.10. The minimum absolute atomic E-state index is 0.111. The smallest absolute Gasteiger partial charge is 0.296 e. The molecule has 0 aromatic heterocycles. The summed E-state index contributed by atoms with van der Waals surface area (Å²) >= 11 is 0. The summed E-state index contributed by atoms with van der Waals surface area (Å²) in [5.41, 5.74) is 5.00. The molecule has 6 N–H and O–H groups in total. The molecule has 0 amide bonds. The summed E-state index contributed by atoms with van der Waals surface area (Å²) in [5.74, 6) is -1.18. The van der Waals surface area contributed by atoms with Crippen LogP contribution in [0, 0.1) is 5.82 Å². The molecule has 0 radical (unpaired) electrons. The monoisotopic (exact) mass is 248 g/mol. The molecule has 0 saturated carbocycles. The first-order valence-electron chi connectivity index (χ1n) is 3.91. The van der Waals surface area contributed by atoms with E-state index < -0.39 is 16.0 Å². The third-order valence-electron chi connectivity index (χ3n) is 1.62. The van der Waals surface area contributed by atoms with E-state index in [0.29, 0.717) is 0 Å². The summed E-state index contributed by atoms with van der Waals surface area (Å²) < 4.78 is 36.3. The zero-order valence-electron chi connectivity index (χ0n) is 7.88. The number of nitrogens with zero attached hydrogens (tertiary/aromatic N) is 1. The molecule has 7 nitrogen and oxygen atoms in total. The Bertz CT molecular complexity index is 528. The van der Waals surface area contributed by atoms with Crippen LogP contribution >= 0.6 is 0 Å². The summed E-state index contributed by atoms with van der Waals surface area (Å²) in [6.45, 7) is 0. The third-order valence-corrected chi connectivity index (χ3v) is 2.13. The lowest BCUT2D eigenvalue weighted by molar-refractivity contribution is 0.318. The van der Waals surface area contributed by atoms with Crippen LogP contribution in [-0.4, -0.2) is 19.5 Å². The standard InChI is InChI=1S/C7H9FN4O3S/c8-5-3-4(7(9)11-13)1-2-6(5)12-16(10,14)15/h1-3,12-13H,(H2,9,11)(H2,10,14,15). The molecule has 0 unspecified atom stereocenters. The maximum Gasteiger partial charge on any atom is 0.296 e. The van der Waals surface area contributed by atoms with Gasteiger partial charge in [0.15, 0.2) is 5.84 Å². The van der Waals surface area contributed by atoms with Gasteiger partial charge in [-0.15, -0.1) is 0 Å². The van der Waals surface area contributed by atoms with Gasteiger partial charge in [-0.05, 0) is 18.2 Å². The molecular weight excluding hydrogens is 239 g/mol. The van der Waals surface area contributed by atoms with Crippen molar-refractivity contribution in [3.05, 3.63) is 29.6 Å². The van der Waals surface area contributed by atoms with E-state index in [1.54, 1.807) is 4.72 Å². The average molecular weight is 248 g/mol. The summed E-state index contributed by atoms with van der Waals surface area (Å²) in [7, 11) is -4.04. The lowest BCUT2D eigenvalue weighted by Crippen LogP contribution is -2.22. The first-order chi connectivity index (χ1) is 7.33. The van der Waals surface area contributed by atoms with Crippen LogP contribution in [0.1, 0.15) is 5.56 Å². The predicted molar refractivity (Wildman–Crippen MR) is 55.6 cm³/mol. The lowest BCUT2D eigenvalue weighted by Gasteiger charge is -2.06. The number of hydrogen-bond acceptors (Lipinski definition) is 4. The van der Waals surface area contributed by atoms with Crippen molar-refractivity contribution in [1.82, 2.24) is 0 Å². The molecule has 0 saturated heterocycles. The van der Waals surface area contributed by atoms with Crippen LogP contribution in [0.5, 0.6) is 0 Å². The quantitative estimate of drug-likeness (QED) is 0.249. The molecule has 0 aliphatic rings. The van der Waals surface area contributed by atoms with Gasteiger partial charge >= 0.3 is 0 Å². The second-order valence-corrected chi connectivity index (χ2v) is 4.12. The minimum Gasteiger partial charge on any atom is -0.409 e. The van der Waals surface area contributed by atoms with Crippen molar-refractivity contribution in [3.8, 4) is 0 Å². The number of nitrogens with two attached hydrogens (primary N) is 2. The van der Waals surface area contributed by atoms with Crippen molar-refractivity contribution in [2.45, 2.75) is 0 Å². The second kappa shape index (κ2) is 4.33. The van der Waals surface area contributed by atoms with Crippen molar-refractivity contribution in [3.63, 3.8) is 0 Å². The predicted octanol–water partition coefficient (Wildman–Crippen LogP) is -0.464. The van der Waals surface area contributed by atoms with E-state index in [0.717, 1.165) is 12.1 Å². The zero-order valence-corrected chi connectivity index (χ0v) is 8.70. The number of hydrogen-bond donors (Lipinski definition) is 4. The summed E-state index contributed by atoms with van der Waals surface area (Å²) in [6.07, 6.45) is 0. The maximum atomic E-state index is 13.3. The highest BCUT2D eigenvalue weighted by atomic mass is 32.2. The Hall–Kier alpha value is -1.87. The van der Waals surface area contributed by atoms with E-state index in [1.807, 2.05) is 0 Å². The van der Waals surface area contributed by atoms with Crippen molar-refractivity contribution in [2.24, 2.45) is 16.0 Å². The number of benzene rings is 1. The van der Waals surface area contributed by atoms with Gasteiger partial charge in [0.25, 0.3) is 10.2 Å². The molecule has 0 heterocycles. The SMILES string of the molecule is N/C(=N/O)c1ccc(NS(N)(=O)=O)c(F)c1. The fourth-order valence-electron chi connectivity index (χ4n) is 0.968. The van der Waals surface area contributed by atoms with Crippen molar-refractivity contribution in [2.75, 3.05) is 4.72 Å². The van der Waals surface area contributed by atoms with Gasteiger partial charge in [-0.25, -0.2) is 9.53 Å². The number of oxime groups is 1. The Morgan fingerprint density at radius 3 is 2.56 bits per heavy atom. The van der Waals surface area contributed by atoms with Crippen LogP contribution in [0.2, 0.25) is 0 Å². The highest BCUT2D eigenvalue weighted by Gasteiger charge is 2.09. The Labute approximate surface area is 90.7 Å². The maximum absolute atomic E-state index is 13.3. The van der Waals surface area contributed by atoms with E-state index in [1.165, 1.54) is 6.07 Å². The topological polar surface area (TPSA) is 131 Å². The summed E-state index contributed by atoms with van der Waals surface area (Å²) in [4.78, 5) is 0. The van der Waals surface area contributed by atoms with Crippen LogP contribution in [0.25, 0.3) is 0 Å².